The van der Waals surface area contributed by atoms with E-state index in [4.69, 9.17) is 10.8 Å². The second kappa shape index (κ2) is 8.06. The van der Waals surface area contributed by atoms with E-state index in [1.807, 2.05) is 41.1 Å². The molecular weight excluding hydrogens is 332 g/mol. The summed E-state index contributed by atoms with van der Waals surface area (Å²) in [5, 5.41) is 4.72. The Hall–Kier alpha value is -1.79. The van der Waals surface area contributed by atoms with E-state index >= 15 is 0 Å². The number of rotatable bonds is 5. The first-order valence-corrected chi connectivity index (χ1v) is 10.1. The molecule has 2 heterocycles. The van der Waals surface area contributed by atoms with E-state index in [2.05, 4.69) is 12.1 Å². The molecule has 3 rings (SSSR count). The molecule has 25 heavy (non-hydrogen) atoms. The summed E-state index contributed by atoms with van der Waals surface area (Å²) in [5.74, 6) is 0.992. The minimum atomic E-state index is -0.391. The summed E-state index contributed by atoms with van der Waals surface area (Å²) in [7, 11) is 2.00. The molecule has 5 nitrogen and oxygen atoms in total. The maximum atomic E-state index is 12.6. The Bertz CT molecular complexity index is 729. The topological polar surface area (TPSA) is 64.2 Å². The van der Waals surface area contributed by atoms with Gasteiger partial charge < -0.3 is 10.6 Å². The molecule has 134 valence electrons. The lowest BCUT2D eigenvalue weighted by Gasteiger charge is -2.24. The summed E-state index contributed by atoms with van der Waals surface area (Å²) in [6.07, 6.45) is 4.39. The fourth-order valence-corrected chi connectivity index (χ4v) is 3.96. The molecular formula is C19H26N4OS. The highest BCUT2D eigenvalue weighted by Gasteiger charge is 2.26. The van der Waals surface area contributed by atoms with Crippen LogP contribution >= 0.6 is 11.8 Å². The number of hydrogen-bond acceptors (Lipinski definition) is 4. The maximum Gasteiger partial charge on any atom is 0.239 e. The fraction of sp³-hybridized carbons (Fsp3) is 0.474. The van der Waals surface area contributed by atoms with Crippen molar-refractivity contribution in [3.8, 4) is 11.3 Å². The van der Waals surface area contributed by atoms with Gasteiger partial charge in [-0.25, -0.2) is 0 Å². The molecule has 0 spiro atoms. The van der Waals surface area contributed by atoms with Gasteiger partial charge in [0.2, 0.25) is 5.91 Å². The molecule has 2 N–H and O–H groups in total. The number of thioether (sulfide) groups is 1. The van der Waals surface area contributed by atoms with Gasteiger partial charge in [-0.1, -0.05) is 30.3 Å². The number of aromatic nitrogens is 2. The van der Waals surface area contributed by atoms with Crippen molar-refractivity contribution in [3.63, 3.8) is 0 Å². The highest BCUT2D eigenvalue weighted by atomic mass is 32.2. The SMILES string of the molecule is CSCC[C@@H](N)C(=O)N1CCc2nn(C)c(-c3ccccc3)c2CC1. The molecule has 2 aromatic rings. The van der Waals surface area contributed by atoms with Crippen LogP contribution in [0.15, 0.2) is 30.3 Å². The second-order valence-corrected chi connectivity index (χ2v) is 7.46. The minimum absolute atomic E-state index is 0.0739. The van der Waals surface area contributed by atoms with E-state index < -0.39 is 6.04 Å². The highest BCUT2D eigenvalue weighted by molar-refractivity contribution is 7.98. The van der Waals surface area contributed by atoms with Crippen LogP contribution < -0.4 is 5.73 Å². The smallest absolute Gasteiger partial charge is 0.239 e. The summed E-state index contributed by atoms with van der Waals surface area (Å²) >= 11 is 1.73. The third-order valence-corrected chi connectivity index (χ3v) is 5.43. The van der Waals surface area contributed by atoms with Crippen LogP contribution in [0.5, 0.6) is 0 Å². The molecule has 1 amide bonds. The third kappa shape index (κ3) is 3.90. The van der Waals surface area contributed by atoms with E-state index in [1.165, 1.54) is 11.1 Å². The van der Waals surface area contributed by atoms with Gasteiger partial charge in [0.1, 0.15) is 0 Å². The highest BCUT2D eigenvalue weighted by Crippen LogP contribution is 2.28. The van der Waals surface area contributed by atoms with Crippen molar-refractivity contribution in [1.29, 1.82) is 0 Å². The van der Waals surface area contributed by atoms with Crippen molar-refractivity contribution < 1.29 is 4.79 Å². The van der Waals surface area contributed by atoms with Crippen LogP contribution in [0.3, 0.4) is 0 Å². The summed E-state index contributed by atoms with van der Waals surface area (Å²) in [5.41, 5.74) is 10.8. The number of fused-ring (bicyclic) bond motifs is 1. The van der Waals surface area contributed by atoms with Crippen molar-refractivity contribution in [2.45, 2.75) is 25.3 Å². The first kappa shape index (κ1) is 18.0. The van der Waals surface area contributed by atoms with E-state index in [1.54, 1.807) is 11.8 Å². The average Bonchev–Trinajstić information content (AvgIpc) is 2.81. The minimum Gasteiger partial charge on any atom is -0.341 e. The zero-order valence-electron chi connectivity index (χ0n) is 14.9. The zero-order chi connectivity index (χ0) is 17.8. The van der Waals surface area contributed by atoms with Gasteiger partial charge in [-0.2, -0.15) is 16.9 Å². The number of nitrogens with zero attached hydrogens (tertiary/aromatic N) is 3. The molecule has 1 aliphatic heterocycles. The van der Waals surface area contributed by atoms with Crippen LogP contribution in [0.4, 0.5) is 0 Å². The second-order valence-electron chi connectivity index (χ2n) is 6.48. The largest absolute Gasteiger partial charge is 0.341 e. The number of nitrogens with two attached hydrogens (primary N) is 1. The van der Waals surface area contributed by atoms with Crippen molar-refractivity contribution in [1.82, 2.24) is 14.7 Å². The normalized spacial score (nSPS) is 15.6. The number of amides is 1. The summed E-state index contributed by atoms with van der Waals surface area (Å²) in [6, 6.07) is 9.96. The van der Waals surface area contributed by atoms with Crippen LogP contribution in [0.2, 0.25) is 0 Å². The summed E-state index contributed by atoms with van der Waals surface area (Å²) in [4.78, 5) is 14.5. The number of carbonyl (C=O) groups is 1. The lowest BCUT2D eigenvalue weighted by atomic mass is 10.0. The lowest BCUT2D eigenvalue weighted by Crippen LogP contribution is -2.45. The van der Waals surface area contributed by atoms with Gasteiger partial charge in [-0.05, 0) is 24.9 Å². The third-order valence-electron chi connectivity index (χ3n) is 4.79. The van der Waals surface area contributed by atoms with Crippen LogP contribution in [0.1, 0.15) is 17.7 Å². The monoisotopic (exact) mass is 358 g/mol. The van der Waals surface area contributed by atoms with Crippen molar-refractivity contribution in [2.24, 2.45) is 12.8 Å². The van der Waals surface area contributed by atoms with Gasteiger partial charge in [0.05, 0.1) is 17.4 Å². The molecule has 0 bridgehead atoms. The van der Waals surface area contributed by atoms with Crippen LogP contribution in [0.25, 0.3) is 11.3 Å². The molecule has 0 fully saturated rings. The molecule has 0 radical (unpaired) electrons. The Balaban J connectivity index is 1.77. The van der Waals surface area contributed by atoms with Crippen molar-refractivity contribution in [2.75, 3.05) is 25.1 Å². The molecule has 6 heteroatoms. The summed E-state index contributed by atoms with van der Waals surface area (Å²) < 4.78 is 1.97. The van der Waals surface area contributed by atoms with Gasteiger partial charge in [-0.3, -0.25) is 9.48 Å². The number of hydrogen-bond donors (Lipinski definition) is 1. The van der Waals surface area contributed by atoms with E-state index in [9.17, 15) is 4.79 Å². The number of benzene rings is 1. The number of carbonyl (C=O) groups excluding carboxylic acids is 1. The van der Waals surface area contributed by atoms with Gasteiger partial charge in [0, 0.05) is 37.7 Å². The Morgan fingerprint density at radius 2 is 2.00 bits per heavy atom. The number of aryl methyl sites for hydroxylation is 1. The van der Waals surface area contributed by atoms with Crippen LogP contribution in [-0.2, 0) is 24.7 Å². The van der Waals surface area contributed by atoms with Gasteiger partial charge in [0.15, 0.2) is 0 Å². The standard InChI is InChI=1S/C19H26N4OS/c1-22-18(14-6-4-3-5-7-14)15-8-11-23(12-9-17(15)21-22)19(24)16(20)10-13-25-2/h3-7,16H,8-13,20H2,1-2H3/t16-/m1/s1. The van der Waals surface area contributed by atoms with Crippen molar-refractivity contribution >= 4 is 17.7 Å². The molecule has 1 atom stereocenters. The predicted octanol–water partition coefficient (Wildman–Crippen LogP) is 2.09. The summed E-state index contributed by atoms with van der Waals surface area (Å²) in [6.45, 7) is 1.41. The average molecular weight is 359 g/mol. The van der Waals surface area contributed by atoms with Crippen LogP contribution in [-0.4, -0.2) is 51.7 Å². The van der Waals surface area contributed by atoms with E-state index in [0.717, 1.165) is 36.4 Å². The zero-order valence-corrected chi connectivity index (χ0v) is 15.8. The first-order chi connectivity index (χ1) is 12.1. The molecule has 0 unspecified atom stereocenters. The molecule has 1 aromatic heterocycles. The molecule has 0 saturated carbocycles. The first-order valence-electron chi connectivity index (χ1n) is 8.75. The van der Waals surface area contributed by atoms with Gasteiger partial charge in [-0.15, -0.1) is 0 Å². The Morgan fingerprint density at radius 1 is 1.28 bits per heavy atom. The van der Waals surface area contributed by atoms with Crippen LogP contribution in [0, 0.1) is 0 Å². The van der Waals surface area contributed by atoms with E-state index in [0.29, 0.717) is 13.1 Å². The van der Waals surface area contributed by atoms with E-state index in [-0.39, 0.29) is 5.91 Å². The Labute approximate surface area is 153 Å². The van der Waals surface area contributed by atoms with Gasteiger partial charge >= 0.3 is 0 Å². The molecule has 1 aromatic carbocycles. The molecule has 0 aliphatic carbocycles. The predicted molar refractivity (Wildman–Crippen MR) is 104 cm³/mol. The lowest BCUT2D eigenvalue weighted by molar-refractivity contribution is -0.132. The maximum absolute atomic E-state index is 12.6. The Morgan fingerprint density at radius 3 is 2.72 bits per heavy atom. The fourth-order valence-electron chi connectivity index (χ4n) is 3.47. The molecule has 0 saturated heterocycles. The Kier molecular flexibility index (Phi) is 5.81. The molecule has 1 aliphatic rings. The van der Waals surface area contributed by atoms with Gasteiger partial charge in [0.25, 0.3) is 0 Å². The van der Waals surface area contributed by atoms with Crippen molar-refractivity contribution in [3.05, 3.63) is 41.6 Å². The quantitative estimate of drug-likeness (QED) is 0.889.